The van der Waals surface area contributed by atoms with Crippen LogP contribution < -0.4 is 5.32 Å². The SMILES string of the molecule is COCCOCCCN1CC2(CCCC2)NCCC1C. The van der Waals surface area contributed by atoms with Gasteiger partial charge in [0.15, 0.2) is 0 Å². The van der Waals surface area contributed by atoms with E-state index < -0.39 is 0 Å². The van der Waals surface area contributed by atoms with Crippen LogP contribution in [0.5, 0.6) is 0 Å². The first-order valence-electron chi connectivity index (χ1n) is 8.31. The van der Waals surface area contributed by atoms with E-state index in [9.17, 15) is 0 Å². The lowest BCUT2D eigenvalue weighted by atomic mass is 9.97. The van der Waals surface area contributed by atoms with Gasteiger partial charge < -0.3 is 14.8 Å². The van der Waals surface area contributed by atoms with Crippen molar-refractivity contribution < 1.29 is 9.47 Å². The average molecular weight is 284 g/mol. The molecule has 2 rings (SSSR count). The standard InChI is InChI=1S/C16H32N2O2/c1-15-6-9-17-16(7-3-4-8-16)14-18(15)10-5-11-20-13-12-19-2/h15,17H,3-14H2,1-2H3. The predicted molar refractivity (Wildman–Crippen MR) is 82.2 cm³/mol. The summed E-state index contributed by atoms with van der Waals surface area (Å²) in [5, 5.41) is 3.85. The normalized spacial score (nSPS) is 27.0. The second kappa shape index (κ2) is 8.32. The summed E-state index contributed by atoms with van der Waals surface area (Å²) in [5.74, 6) is 0. The molecule has 2 fully saturated rings. The fraction of sp³-hybridized carbons (Fsp3) is 1.00. The minimum atomic E-state index is 0.418. The van der Waals surface area contributed by atoms with Crippen molar-refractivity contribution in [3.8, 4) is 0 Å². The highest BCUT2D eigenvalue weighted by Crippen LogP contribution is 2.32. The minimum Gasteiger partial charge on any atom is -0.382 e. The molecule has 0 bridgehead atoms. The van der Waals surface area contributed by atoms with E-state index >= 15 is 0 Å². The van der Waals surface area contributed by atoms with Crippen LogP contribution in [0.15, 0.2) is 0 Å². The largest absolute Gasteiger partial charge is 0.382 e. The molecular formula is C16H32N2O2. The molecule has 4 heteroatoms. The van der Waals surface area contributed by atoms with Crippen molar-refractivity contribution in [2.24, 2.45) is 0 Å². The lowest BCUT2D eigenvalue weighted by Crippen LogP contribution is -2.50. The molecule has 1 aliphatic carbocycles. The molecule has 4 nitrogen and oxygen atoms in total. The zero-order chi connectivity index (χ0) is 14.3. The zero-order valence-electron chi connectivity index (χ0n) is 13.3. The molecule has 0 aromatic heterocycles. The minimum absolute atomic E-state index is 0.418. The number of hydrogen-bond donors (Lipinski definition) is 1. The average Bonchev–Trinajstić information content (AvgIpc) is 2.83. The van der Waals surface area contributed by atoms with E-state index in [0.717, 1.165) is 26.2 Å². The number of methoxy groups -OCH3 is 1. The Morgan fingerprint density at radius 2 is 2.00 bits per heavy atom. The Labute approximate surface area is 124 Å². The van der Waals surface area contributed by atoms with E-state index in [2.05, 4.69) is 17.1 Å². The van der Waals surface area contributed by atoms with E-state index in [1.165, 1.54) is 45.2 Å². The molecule has 20 heavy (non-hydrogen) atoms. The molecule has 118 valence electrons. The van der Waals surface area contributed by atoms with Crippen LogP contribution >= 0.6 is 0 Å². The molecule has 1 N–H and O–H groups in total. The van der Waals surface area contributed by atoms with E-state index in [1.54, 1.807) is 7.11 Å². The molecule has 0 aromatic rings. The maximum absolute atomic E-state index is 5.58. The summed E-state index contributed by atoms with van der Waals surface area (Å²) in [5.41, 5.74) is 0.418. The van der Waals surface area contributed by atoms with Gasteiger partial charge in [0.05, 0.1) is 13.2 Å². The van der Waals surface area contributed by atoms with Crippen LogP contribution in [0.3, 0.4) is 0 Å². The first kappa shape index (κ1) is 16.2. The van der Waals surface area contributed by atoms with E-state index in [4.69, 9.17) is 9.47 Å². The summed E-state index contributed by atoms with van der Waals surface area (Å²) < 4.78 is 10.6. The van der Waals surface area contributed by atoms with Gasteiger partial charge in [0, 0.05) is 38.4 Å². The Bertz CT molecular complexity index is 267. The summed E-state index contributed by atoms with van der Waals surface area (Å²) >= 11 is 0. The monoisotopic (exact) mass is 284 g/mol. The molecule has 2 aliphatic rings. The Morgan fingerprint density at radius 1 is 1.20 bits per heavy atom. The molecule has 1 aliphatic heterocycles. The number of nitrogens with one attached hydrogen (secondary N) is 1. The second-order valence-corrected chi connectivity index (χ2v) is 6.48. The molecular weight excluding hydrogens is 252 g/mol. The van der Waals surface area contributed by atoms with Crippen LogP contribution in [0.25, 0.3) is 0 Å². The van der Waals surface area contributed by atoms with Crippen molar-refractivity contribution in [2.45, 2.75) is 57.0 Å². The molecule has 1 atom stereocenters. The third-order valence-electron chi connectivity index (χ3n) is 4.92. The summed E-state index contributed by atoms with van der Waals surface area (Å²) in [6.45, 7) is 8.23. The molecule has 0 aromatic carbocycles. The van der Waals surface area contributed by atoms with Gasteiger partial charge >= 0.3 is 0 Å². The van der Waals surface area contributed by atoms with Gasteiger partial charge in [0.1, 0.15) is 0 Å². The van der Waals surface area contributed by atoms with Gasteiger partial charge in [-0.25, -0.2) is 0 Å². The highest BCUT2D eigenvalue weighted by Gasteiger charge is 2.37. The quantitative estimate of drug-likeness (QED) is 0.725. The van der Waals surface area contributed by atoms with Gasteiger partial charge in [-0.2, -0.15) is 0 Å². The summed E-state index contributed by atoms with van der Waals surface area (Å²) in [6, 6.07) is 0.696. The Balaban J connectivity index is 1.73. The number of nitrogens with zero attached hydrogens (tertiary/aromatic N) is 1. The maximum atomic E-state index is 5.58. The third-order valence-corrected chi connectivity index (χ3v) is 4.92. The number of hydrogen-bond acceptors (Lipinski definition) is 4. The van der Waals surface area contributed by atoms with Crippen LogP contribution in [0, 0.1) is 0 Å². The van der Waals surface area contributed by atoms with E-state index in [1.807, 2.05) is 0 Å². The summed E-state index contributed by atoms with van der Waals surface area (Å²) in [7, 11) is 1.72. The zero-order valence-corrected chi connectivity index (χ0v) is 13.3. The van der Waals surface area contributed by atoms with Crippen molar-refractivity contribution in [2.75, 3.05) is 46.6 Å². The molecule has 1 unspecified atom stereocenters. The first-order chi connectivity index (χ1) is 9.76. The van der Waals surface area contributed by atoms with Crippen LogP contribution in [0.1, 0.15) is 45.4 Å². The highest BCUT2D eigenvalue weighted by atomic mass is 16.5. The van der Waals surface area contributed by atoms with Crippen molar-refractivity contribution in [1.82, 2.24) is 10.2 Å². The Morgan fingerprint density at radius 3 is 2.75 bits per heavy atom. The summed E-state index contributed by atoms with van der Waals surface area (Å²) in [4.78, 5) is 2.69. The highest BCUT2D eigenvalue weighted by molar-refractivity contribution is 4.98. The van der Waals surface area contributed by atoms with Crippen molar-refractivity contribution in [1.29, 1.82) is 0 Å². The van der Waals surface area contributed by atoms with Crippen LogP contribution in [0.2, 0.25) is 0 Å². The van der Waals surface area contributed by atoms with Crippen LogP contribution in [-0.4, -0.2) is 63.0 Å². The molecule has 1 spiro atoms. The van der Waals surface area contributed by atoms with Crippen LogP contribution in [0.4, 0.5) is 0 Å². The van der Waals surface area contributed by atoms with Gasteiger partial charge in [-0.1, -0.05) is 12.8 Å². The molecule has 0 radical (unpaired) electrons. The van der Waals surface area contributed by atoms with Gasteiger partial charge in [0.25, 0.3) is 0 Å². The van der Waals surface area contributed by atoms with Crippen molar-refractivity contribution >= 4 is 0 Å². The molecule has 1 heterocycles. The van der Waals surface area contributed by atoms with E-state index in [-0.39, 0.29) is 0 Å². The van der Waals surface area contributed by atoms with Gasteiger partial charge in [0.2, 0.25) is 0 Å². The number of ether oxygens (including phenoxy) is 2. The smallest absolute Gasteiger partial charge is 0.0700 e. The Hall–Kier alpha value is -0.160. The Kier molecular flexibility index (Phi) is 6.75. The fourth-order valence-corrected chi connectivity index (χ4v) is 3.63. The first-order valence-corrected chi connectivity index (χ1v) is 8.31. The third kappa shape index (κ3) is 4.69. The lowest BCUT2D eigenvalue weighted by molar-refractivity contribution is 0.0614. The van der Waals surface area contributed by atoms with Crippen molar-refractivity contribution in [3.63, 3.8) is 0 Å². The molecule has 1 saturated carbocycles. The topological polar surface area (TPSA) is 33.7 Å². The number of rotatable bonds is 7. The molecule has 1 saturated heterocycles. The predicted octanol–water partition coefficient (Wildman–Crippen LogP) is 2.04. The van der Waals surface area contributed by atoms with E-state index in [0.29, 0.717) is 18.2 Å². The van der Waals surface area contributed by atoms with Gasteiger partial charge in [-0.15, -0.1) is 0 Å². The fourth-order valence-electron chi connectivity index (χ4n) is 3.63. The van der Waals surface area contributed by atoms with Gasteiger partial charge in [-0.05, 0) is 39.2 Å². The maximum Gasteiger partial charge on any atom is 0.0700 e. The van der Waals surface area contributed by atoms with Crippen LogP contribution in [-0.2, 0) is 9.47 Å². The summed E-state index contributed by atoms with van der Waals surface area (Å²) in [6.07, 6.45) is 7.92. The van der Waals surface area contributed by atoms with Gasteiger partial charge in [-0.3, -0.25) is 4.90 Å². The second-order valence-electron chi connectivity index (χ2n) is 6.48. The van der Waals surface area contributed by atoms with Crippen molar-refractivity contribution in [3.05, 3.63) is 0 Å². The lowest BCUT2D eigenvalue weighted by Gasteiger charge is -2.35. The molecule has 0 amide bonds.